The standard InChI is InChI=1S/C30H36N4O4/c1-3-38-22-11-12-25-23(18-22)24-19-30(2)28(36)33(16-15-32-13-6-4-5-7-14-32)29(37)34(30)27(26(24)31-25)20-9-8-10-21(35)17-20/h8-12,17-18,27,31,35H,3-7,13-16,19H2,1-2H3/t27-,30+/m1/s1. The number of amides is 3. The van der Waals surface area contributed by atoms with Gasteiger partial charge in [-0.15, -0.1) is 0 Å². The van der Waals surface area contributed by atoms with E-state index in [9.17, 15) is 14.7 Å². The van der Waals surface area contributed by atoms with Crippen LogP contribution in [0.5, 0.6) is 11.5 Å². The van der Waals surface area contributed by atoms with Crippen LogP contribution in [0, 0.1) is 0 Å². The molecule has 0 unspecified atom stereocenters. The first-order chi connectivity index (χ1) is 18.4. The van der Waals surface area contributed by atoms with Gasteiger partial charge in [0.15, 0.2) is 0 Å². The number of hydrogen-bond acceptors (Lipinski definition) is 5. The number of aromatic hydroxyl groups is 1. The van der Waals surface area contributed by atoms with Crippen LogP contribution in [-0.2, 0) is 11.2 Å². The number of nitrogens with one attached hydrogen (secondary N) is 1. The molecule has 2 saturated heterocycles. The molecule has 38 heavy (non-hydrogen) atoms. The van der Waals surface area contributed by atoms with Gasteiger partial charge in [-0.25, -0.2) is 4.79 Å². The summed E-state index contributed by atoms with van der Waals surface area (Å²) in [7, 11) is 0. The first-order valence-electron chi connectivity index (χ1n) is 13.8. The SMILES string of the molecule is CCOc1ccc2[nH]c3c(c2c1)C[C@@]1(C)C(=O)N(CCN2CCCCCC2)C(=O)N1[C@@H]3c1cccc(O)c1. The van der Waals surface area contributed by atoms with Gasteiger partial charge in [-0.1, -0.05) is 25.0 Å². The molecule has 2 atom stereocenters. The van der Waals surface area contributed by atoms with Crippen LogP contribution in [0.4, 0.5) is 4.79 Å². The normalized spacial score (nSPS) is 24.0. The Morgan fingerprint density at radius 2 is 1.84 bits per heavy atom. The Hall–Kier alpha value is -3.52. The average Bonchev–Trinajstić information content (AvgIpc) is 3.17. The Morgan fingerprint density at radius 3 is 2.58 bits per heavy atom. The van der Waals surface area contributed by atoms with Crippen molar-refractivity contribution in [3.8, 4) is 11.5 Å². The molecule has 0 radical (unpaired) electrons. The maximum Gasteiger partial charge on any atom is 0.328 e. The van der Waals surface area contributed by atoms with Crippen LogP contribution in [0.3, 0.4) is 0 Å². The number of fused-ring (bicyclic) bond motifs is 4. The van der Waals surface area contributed by atoms with Gasteiger partial charge in [0.25, 0.3) is 5.91 Å². The van der Waals surface area contributed by atoms with Crippen molar-refractivity contribution in [1.29, 1.82) is 0 Å². The van der Waals surface area contributed by atoms with Gasteiger partial charge in [0.05, 0.1) is 6.61 Å². The zero-order valence-electron chi connectivity index (χ0n) is 22.2. The molecule has 2 N–H and O–H groups in total. The van der Waals surface area contributed by atoms with Gasteiger partial charge in [0.1, 0.15) is 23.1 Å². The molecular weight excluding hydrogens is 480 g/mol. The van der Waals surface area contributed by atoms with Gasteiger partial charge >= 0.3 is 6.03 Å². The number of carbonyl (C=O) groups is 2. The van der Waals surface area contributed by atoms with Gasteiger partial charge in [-0.3, -0.25) is 14.6 Å². The number of carbonyl (C=O) groups excluding carboxylic acids is 2. The summed E-state index contributed by atoms with van der Waals surface area (Å²) in [5.74, 6) is 0.752. The third-order valence-corrected chi connectivity index (χ3v) is 8.47. The lowest BCUT2D eigenvalue weighted by molar-refractivity contribution is -0.133. The van der Waals surface area contributed by atoms with Gasteiger partial charge < -0.3 is 19.7 Å². The number of rotatable bonds is 6. The first kappa shape index (κ1) is 24.8. The Kier molecular flexibility index (Phi) is 6.30. The first-order valence-corrected chi connectivity index (χ1v) is 13.8. The number of nitrogens with zero attached hydrogens (tertiary/aromatic N) is 3. The number of likely N-dealkylation sites (tertiary alicyclic amines) is 1. The van der Waals surface area contributed by atoms with Gasteiger partial charge in [-0.2, -0.15) is 0 Å². The molecule has 4 heterocycles. The highest BCUT2D eigenvalue weighted by Crippen LogP contribution is 2.49. The number of phenols is 1. The monoisotopic (exact) mass is 516 g/mol. The molecule has 0 bridgehead atoms. The van der Waals surface area contributed by atoms with E-state index in [2.05, 4.69) is 9.88 Å². The van der Waals surface area contributed by atoms with Crippen molar-refractivity contribution < 1.29 is 19.4 Å². The summed E-state index contributed by atoms with van der Waals surface area (Å²) in [6.07, 6.45) is 5.23. The fraction of sp³-hybridized carbons (Fsp3) is 0.467. The van der Waals surface area contributed by atoms with E-state index in [1.165, 1.54) is 17.7 Å². The van der Waals surface area contributed by atoms with Crippen molar-refractivity contribution in [1.82, 2.24) is 19.7 Å². The second-order valence-electron chi connectivity index (χ2n) is 11.0. The molecule has 0 aliphatic carbocycles. The fourth-order valence-electron chi connectivity index (χ4n) is 6.59. The van der Waals surface area contributed by atoms with Gasteiger partial charge in [0, 0.05) is 36.1 Å². The van der Waals surface area contributed by atoms with E-state index in [-0.39, 0.29) is 17.7 Å². The Balaban J connectivity index is 1.42. The number of ether oxygens (including phenoxy) is 1. The number of H-pyrrole nitrogens is 1. The Morgan fingerprint density at radius 1 is 1.05 bits per heavy atom. The second-order valence-corrected chi connectivity index (χ2v) is 11.0. The molecule has 8 heteroatoms. The maximum absolute atomic E-state index is 14.1. The number of aromatic nitrogens is 1. The third-order valence-electron chi connectivity index (χ3n) is 8.47. The number of aromatic amines is 1. The van der Waals surface area contributed by atoms with Crippen LogP contribution >= 0.6 is 0 Å². The minimum atomic E-state index is -1.03. The average molecular weight is 517 g/mol. The lowest BCUT2D eigenvalue weighted by Crippen LogP contribution is -2.53. The van der Waals surface area contributed by atoms with Crippen molar-refractivity contribution in [2.45, 2.75) is 57.5 Å². The van der Waals surface area contributed by atoms with Gasteiger partial charge in [-0.05, 0) is 81.2 Å². The molecule has 2 fully saturated rings. The van der Waals surface area contributed by atoms with E-state index in [4.69, 9.17) is 4.74 Å². The zero-order chi connectivity index (χ0) is 26.4. The predicted octanol–water partition coefficient (Wildman–Crippen LogP) is 4.82. The minimum Gasteiger partial charge on any atom is -0.508 e. The largest absolute Gasteiger partial charge is 0.508 e. The number of imide groups is 1. The summed E-state index contributed by atoms with van der Waals surface area (Å²) in [5.41, 5.74) is 2.57. The van der Waals surface area contributed by atoms with Crippen LogP contribution in [0.15, 0.2) is 42.5 Å². The molecule has 6 rings (SSSR count). The summed E-state index contributed by atoms with van der Waals surface area (Å²) >= 11 is 0. The number of urea groups is 1. The molecular formula is C30H36N4O4. The summed E-state index contributed by atoms with van der Waals surface area (Å²) in [5, 5.41) is 11.3. The molecule has 3 aliphatic heterocycles. The fourth-order valence-corrected chi connectivity index (χ4v) is 6.59. The van der Waals surface area contributed by atoms with Crippen LogP contribution < -0.4 is 4.74 Å². The van der Waals surface area contributed by atoms with Crippen molar-refractivity contribution in [2.24, 2.45) is 0 Å². The predicted molar refractivity (Wildman–Crippen MR) is 145 cm³/mol. The zero-order valence-corrected chi connectivity index (χ0v) is 22.2. The minimum absolute atomic E-state index is 0.127. The van der Waals surface area contributed by atoms with Crippen molar-refractivity contribution in [3.63, 3.8) is 0 Å². The smallest absolute Gasteiger partial charge is 0.328 e. The maximum atomic E-state index is 14.1. The van der Waals surface area contributed by atoms with Gasteiger partial charge in [0.2, 0.25) is 0 Å². The van der Waals surface area contributed by atoms with Crippen LogP contribution in [0.1, 0.15) is 62.4 Å². The van der Waals surface area contributed by atoms with Crippen molar-refractivity contribution in [3.05, 3.63) is 59.3 Å². The molecule has 0 saturated carbocycles. The molecule has 200 valence electrons. The van der Waals surface area contributed by atoms with Crippen molar-refractivity contribution in [2.75, 3.05) is 32.8 Å². The Labute approximate surface area is 223 Å². The highest BCUT2D eigenvalue weighted by molar-refractivity contribution is 6.08. The van der Waals surface area contributed by atoms with Crippen molar-refractivity contribution >= 4 is 22.8 Å². The molecule has 3 aromatic rings. The summed E-state index contributed by atoms with van der Waals surface area (Å²) in [6.45, 7) is 7.53. The molecule has 8 nitrogen and oxygen atoms in total. The number of hydrogen-bond donors (Lipinski definition) is 2. The van der Waals surface area contributed by atoms with E-state index in [0.717, 1.165) is 59.4 Å². The molecule has 0 spiro atoms. The summed E-state index contributed by atoms with van der Waals surface area (Å²) in [4.78, 5) is 37.2. The van der Waals surface area contributed by atoms with E-state index in [1.807, 2.05) is 38.1 Å². The lowest BCUT2D eigenvalue weighted by atomic mass is 9.81. The topological polar surface area (TPSA) is 89.1 Å². The molecule has 2 aromatic carbocycles. The lowest BCUT2D eigenvalue weighted by Gasteiger charge is -2.42. The highest BCUT2D eigenvalue weighted by atomic mass is 16.5. The van der Waals surface area contributed by atoms with Crippen LogP contribution in [0.25, 0.3) is 10.9 Å². The van der Waals surface area contributed by atoms with E-state index >= 15 is 0 Å². The summed E-state index contributed by atoms with van der Waals surface area (Å²) in [6, 6.07) is 12.2. The van der Waals surface area contributed by atoms with Crippen LogP contribution in [-0.4, -0.2) is 75.1 Å². The quantitative estimate of drug-likeness (QED) is 0.459. The number of benzene rings is 2. The van der Waals surface area contributed by atoms with E-state index < -0.39 is 11.6 Å². The molecule has 3 amide bonds. The van der Waals surface area contributed by atoms with E-state index in [0.29, 0.717) is 26.1 Å². The highest BCUT2D eigenvalue weighted by Gasteiger charge is 2.60. The number of phenolic OH excluding ortho intramolecular Hbond substituents is 1. The second kappa shape index (κ2) is 9.66. The van der Waals surface area contributed by atoms with E-state index in [1.54, 1.807) is 23.1 Å². The Bertz CT molecular complexity index is 1380. The summed E-state index contributed by atoms with van der Waals surface area (Å²) < 4.78 is 5.78. The van der Waals surface area contributed by atoms with Crippen LogP contribution in [0.2, 0.25) is 0 Å². The molecule has 1 aromatic heterocycles. The molecule has 3 aliphatic rings. The third kappa shape index (κ3) is 4.02.